The molecule has 0 aromatic rings. The first-order valence-electron chi connectivity index (χ1n) is 2.17. The highest BCUT2D eigenvalue weighted by Crippen LogP contribution is 2.42. The van der Waals surface area contributed by atoms with Crippen molar-refractivity contribution in [3.05, 3.63) is 6.16 Å². The van der Waals surface area contributed by atoms with Crippen LogP contribution in [0.4, 0.5) is 13.2 Å². The molecule has 0 saturated carbocycles. The van der Waals surface area contributed by atoms with Crippen LogP contribution in [0.15, 0.2) is 0 Å². The van der Waals surface area contributed by atoms with Gasteiger partial charge < -0.3 is 9.79 Å². The lowest BCUT2D eigenvalue weighted by Crippen LogP contribution is -2.06. The van der Waals surface area contributed by atoms with Gasteiger partial charge in [0.05, 0.1) is 12.6 Å². The molecule has 3 nitrogen and oxygen atoms in total. The summed E-state index contributed by atoms with van der Waals surface area (Å²) in [6.07, 6.45) is -6.16. The fourth-order valence-corrected chi connectivity index (χ4v) is 0.667. The standard InChI is InChI=1S/C3H5F3O3P/c4-3(5,6)1-2-10(7,8)9/h2H,1H2,(H2,7,8,9). The van der Waals surface area contributed by atoms with E-state index < -0.39 is 20.2 Å². The monoisotopic (exact) mass is 177 g/mol. The summed E-state index contributed by atoms with van der Waals surface area (Å²) in [5.41, 5.74) is 0. The fourth-order valence-electron chi connectivity index (χ4n) is 0.222. The first-order chi connectivity index (χ1) is 4.21. The molecule has 1 radical (unpaired) electrons. The maximum atomic E-state index is 11.2. The zero-order valence-corrected chi connectivity index (χ0v) is 5.56. The van der Waals surface area contributed by atoms with Gasteiger partial charge in [0.2, 0.25) is 0 Å². The molecule has 0 aliphatic rings. The van der Waals surface area contributed by atoms with E-state index in [9.17, 15) is 17.7 Å². The summed E-state index contributed by atoms with van der Waals surface area (Å²) in [6, 6.07) is 0. The molecule has 2 N–H and O–H groups in total. The molecule has 7 heteroatoms. The summed E-state index contributed by atoms with van der Waals surface area (Å²) < 4.78 is 43.5. The molecule has 0 fully saturated rings. The van der Waals surface area contributed by atoms with Gasteiger partial charge in [-0.25, -0.2) is 0 Å². The summed E-state index contributed by atoms with van der Waals surface area (Å²) in [6.45, 7) is 0. The van der Waals surface area contributed by atoms with Crippen molar-refractivity contribution in [2.75, 3.05) is 0 Å². The van der Waals surface area contributed by atoms with Crippen molar-refractivity contribution in [3.8, 4) is 0 Å². The van der Waals surface area contributed by atoms with E-state index in [1.54, 1.807) is 0 Å². The average molecular weight is 177 g/mol. The summed E-state index contributed by atoms with van der Waals surface area (Å²) in [5, 5.41) is 0. The minimum atomic E-state index is -4.61. The molecule has 0 amide bonds. The van der Waals surface area contributed by atoms with E-state index in [-0.39, 0.29) is 6.16 Å². The maximum absolute atomic E-state index is 11.2. The predicted molar refractivity (Wildman–Crippen MR) is 27.0 cm³/mol. The third kappa shape index (κ3) is 7.94. The highest BCUT2D eigenvalue weighted by atomic mass is 31.2. The van der Waals surface area contributed by atoms with Gasteiger partial charge in [-0.2, -0.15) is 13.2 Å². The second-order valence-electron chi connectivity index (χ2n) is 1.59. The number of rotatable bonds is 2. The van der Waals surface area contributed by atoms with Crippen LogP contribution < -0.4 is 0 Å². The number of halogens is 3. The van der Waals surface area contributed by atoms with E-state index in [0.717, 1.165) is 0 Å². The van der Waals surface area contributed by atoms with Crippen LogP contribution in [-0.4, -0.2) is 16.0 Å². The largest absolute Gasteiger partial charge is 0.390 e. The van der Waals surface area contributed by atoms with Crippen LogP contribution in [0.2, 0.25) is 0 Å². The zero-order valence-electron chi connectivity index (χ0n) is 4.67. The van der Waals surface area contributed by atoms with Gasteiger partial charge in [0.1, 0.15) is 0 Å². The molecule has 0 aliphatic carbocycles. The molecular weight excluding hydrogens is 172 g/mol. The van der Waals surface area contributed by atoms with Gasteiger partial charge in [-0.1, -0.05) is 0 Å². The number of hydrogen-bond donors (Lipinski definition) is 2. The van der Waals surface area contributed by atoms with Gasteiger partial charge in [0.15, 0.2) is 0 Å². The van der Waals surface area contributed by atoms with Crippen LogP contribution in [-0.2, 0) is 4.57 Å². The minimum absolute atomic E-state index is 0.0625. The Kier molecular flexibility index (Phi) is 2.88. The molecule has 0 rings (SSSR count). The number of hydrogen-bond acceptors (Lipinski definition) is 1. The fraction of sp³-hybridized carbons (Fsp3) is 0.667. The molecule has 0 aromatic carbocycles. The molecule has 0 unspecified atom stereocenters. The Balaban J connectivity index is 3.67. The van der Waals surface area contributed by atoms with E-state index >= 15 is 0 Å². The van der Waals surface area contributed by atoms with Crippen molar-refractivity contribution in [3.63, 3.8) is 0 Å². The molecular formula is C3H5F3O3P. The third-order valence-corrected chi connectivity index (χ3v) is 1.22. The van der Waals surface area contributed by atoms with Crippen LogP contribution in [0.25, 0.3) is 0 Å². The number of alkyl halides is 3. The Morgan fingerprint density at radius 1 is 1.40 bits per heavy atom. The molecule has 0 aliphatic heterocycles. The Hall–Kier alpha value is -0.0600. The van der Waals surface area contributed by atoms with Gasteiger partial charge in [-0.05, 0) is 0 Å². The summed E-state index contributed by atoms with van der Waals surface area (Å²) in [4.78, 5) is 15.9. The second-order valence-corrected chi connectivity index (χ2v) is 3.13. The van der Waals surface area contributed by atoms with Crippen molar-refractivity contribution < 1.29 is 27.5 Å². The van der Waals surface area contributed by atoms with Crippen molar-refractivity contribution in [2.24, 2.45) is 0 Å². The second kappa shape index (κ2) is 2.90. The van der Waals surface area contributed by atoms with Gasteiger partial charge >= 0.3 is 13.8 Å². The van der Waals surface area contributed by atoms with E-state index in [1.807, 2.05) is 0 Å². The van der Waals surface area contributed by atoms with Crippen molar-refractivity contribution in [1.29, 1.82) is 0 Å². The average Bonchev–Trinajstić information content (AvgIpc) is 1.57. The Morgan fingerprint density at radius 2 is 1.80 bits per heavy atom. The van der Waals surface area contributed by atoms with Crippen LogP contribution in [0, 0.1) is 6.16 Å². The van der Waals surface area contributed by atoms with E-state index in [1.165, 1.54) is 0 Å². The summed E-state index contributed by atoms with van der Waals surface area (Å²) in [7, 11) is -4.61. The van der Waals surface area contributed by atoms with Gasteiger partial charge in [0, 0.05) is 0 Å². The van der Waals surface area contributed by atoms with E-state index in [0.29, 0.717) is 0 Å². The molecule has 61 valence electrons. The lowest BCUT2D eigenvalue weighted by atomic mass is 10.5. The molecule has 0 spiro atoms. The highest BCUT2D eigenvalue weighted by molar-refractivity contribution is 7.54. The first kappa shape index (κ1) is 9.94. The maximum Gasteiger partial charge on any atom is 0.390 e. The molecule has 0 heterocycles. The SMILES string of the molecule is O=P(O)(O)[CH]CC(F)(F)F. The van der Waals surface area contributed by atoms with Crippen molar-refractivity contribution >= 4 is 7.60 Å². The Labute approximate surface area is 55.0 Å². The first-order valence-corrected chi connectivity index (χ1v) is 3.85. The van der Waals surface area contributed by atoms with Gasteiger partial charge in [0.25, 0.3) is 0 Å². The van der Waals surface area contributed by atoms with E-state index in [4.69, 9.17) is 9.79 Å². The normalized spacial score (nSPS) is 13.7. The zero-order chi connectivity index (χ0) is 8.41. The quantitative estimate of drug-likeness (QED) is 0.624. The van der Waals surface area contributed by atoms with Crippen molar-refractivity contribution in [2.45, 2.75) is 12.6 Å². The smallest absolute Gasteiger partial charge is 0.324 e. The van der Waals surface area contributed by atoms with Crippen LogP contribution in [0.1, 0.15) is 6.42 Å². The molecule has 10 heavy (non-hydrogen) atoms. The van der Waals surface area contributed by atoms with Crippen LogP contribution in [0.5, 0.6) is 0 Å². The topological polar surface area (TPSA) is 57.5 Å². The van der Waals surface area contributed by atoms with Gasteiger partial charge in [-0.15, -0.1) is 0 Å². The Morgan fingerprint density at radius 3 is 1.90 bits per heavy atom. The molecule has 0 atom stereocenters. The van der Waals surface area contributed by atoms with Gasteiger partial charge in [-0.3, -0.25) is 4.57 Å². The molecule has 0 saturated heterocycles. The lowest BCUT2D eigenvalue weighted by molar-refractivity contribution is -0.126. The van der Waals surface area contributed by atoms with Crippen LogP contribution >= 0.6 is 7.60 Å². The predicted octanol–water partition coefficient (Wildman–Crippen LogP) is 1.28. The third-order valence-electron chi connectivity index (χ3n) is 0.561. The lowest BCUT2D eigenvalue weighted by Gasteiger charge is -2.05. The summed E-state index contributed by atoms with van der Waals surface area (Å²) >= 11 is 0. The minimum Gasteiger partial charge on any atom is -0.324 e. The highest BCUT2D eigenvalue weighted by Gasteiger charge is 2.31. The van der Waals surface area contributed by atoms with E-state index in [2.05, 4.69) is 0 Å². The summed E-state index contributed by atoms with van der Waals surface area (Å²) in [5.74, 6) is 0. The molecule has 0 bridgehead atoms. The van der Waals surface area contributed by atoms with Crippen molar-refractivity contribution in [1.82, 2.24) is 0 Å². The Bertz CT molecular complexity index is 148. The van der Waals surface area contributed by atoms with Crippen LogP contribution in [0.3, 0.4) is 0 Å². The molecule has 0 aromatic heterocycles.